The number of hydrogen-bond acceptors (Lipinski definition) is 4. The topological polar surface area (TPSA) is 50.7 Å². The molecule has 4 heteroatoms. The number of aliphatic hydroxyl groups excluding tert-OH is 1. The molecule has 27 heavy (non-hydrogen) atoms. The zero-order chi connectivity index (χ0) is 18.7. The Morgan fingerprint density at radius 1 is 0.741 bits per heavy atom. The summed E-state index contributed by atoms with van der Waals surface area (Å²) >= 11 is 0. The van der Waals surface area contributed by atoms with Crippen LogP contribution in [0.5, 0.6) is 17.2 Å². The van der Waals surface area contributed by atoms with Crippen LogP contribution in [-0.4, -0.2) is 30.9 Å². The standard InChI is InChI=1S/C23H25NO3/c25-20(18-26-21-7-3-1-4-8-21)17-24-16-15-19-11-13-23(14-12-19)27-22-9-5-2-6-10-22/h1-14,20,24-25H,15-18H2. The van der Waals surface area contributed by atoms with Gasteiger partial charge in [-0.3, -0.25) is 0 Å². The molecule has 1 unspecified atom stereocenters. The first-order chi connectivity index (χ1) is 13.3. The van der Waals surface area contributed by atoms with E-state index in [0.29, 0.717) is 6.54 Å². The van der Waals surface area contributed by atoms with Gasteiger partial charge in [-0.25, -0.2) is 0 Å². The van der Waals surface area contributed by atoms with Gasteiger partial charge < -0.3 is 19.9 Å². The number of nitrogens with one attached hydrogen (secondary N) is 1. The van der Waals surface area contributed by atoms with Gasteiger partial charge in [-0.2, -0.15) is 0 Å². The molecule has 3 aromatic rings. The zero-order valence-electron chi connectivity index (χ0n) is 15.3. The van der Waals surface area contributed by atoms with Gasteiger partial charge in [0.1, 0.15) is 30.0 Å². The Balaban J connectivity index is 1.33. The van der Waals surface area contributed by atoms with Crippen LogP contribution in [0, 0.1) is 0 Å². The maximum absolute atomic E-state index is 9.98. The molecule has 0 heterocycles. The molecule has 2 N–H and O–H groups in total. The van der Waals surface area contributed by atoms with E-state index in [1.165, 1.54) is 5.56 Å². The maximum Gasteiger partial charge on any atom is 0.127 e. The fraction of sp³-hybridized carbons (Fsp3) is 0.217. The second-order valence-electron chi connectivity index (χ2n) is 6.29. The van der Waals surface area contributed by atoms with Crippen LogP contribution < -0.4 is 14.8 Å². The smallest absolute Gasteiger partial charge is 0.127 e. The number of ether oxygens (including phenoxy) is 2. The highest BCUT2D eigenvalue weighted by molar-refractivity contribution is 5.33. The Hall–Kier alpha value is -2.82. The van der Waals surface area contributed by atoms with Gasteiger partial charge >= 0.3 is 0 Å². The van der Waals surface area contributed by atoms with Crippen molar-refractivity contribution in [2.24, 2.45) is 0 Å². The van der Waals surface area contributed by atoms with E-state index in [1.54, 1.807) is 0 Å². The van der Waals surface area contributed by atoms with Crippen LogP contribution in [0.2, 0.25) is 0 Å². The summed E-state index contributed by atoms with van der Waals surface area (Å²) in [5, 5.41) is 13.2. The van der Waals surface area contributed by atoms with E-state index in [0.717, 1.165) is 30.2 Å². The number of rotatable bonds is 10. The van der Waals surface area contributed by atoms with Gasteiger partial charge in [-0.15, -0.1) is 0 Å². The van der Waals surface area contributed by atoms with E-state index in [4.69, 9.17) is 9.47 Å². The molecule has 3 rings (SSSR count). The molecule has 140 valence electrons. The molecule has 1 atom stereocenters. The van der Waals surface area contributed by atoms with Crippen LogP contribution in [0.3, 0.4) is 0 Å². The minimum Gasteiger partial charge on any atom is -0.491 e. The lowest BCUT2D eigenvalue weighted by Gasteiger charge is -2.13. The fourth-order valence-electron chi connectivity index (χ4n) is 2.62. The second-order valence-corrected chi connectivity index (χ2v) is 6.29. The van der Waals surface area contributed by atoms with E-state index >= 15 is 0 Å². The maximum atomic E-state index is 9.98. The van der Waals surface area contributed by atoms with Crippen LogP contribution in [0.4, 0.5) is 0 Å². The molecule has 0 aliphatic rings. The minimum absolute atomic E-state index is 0.280. The van der Waals surface area contributed by atoms with Gasteiger partial charge in [0.2, 0.25) is 0 Å². The summed E-state index contributed by atoms with van der Waals surface area (Å²) in [5.74, 6) is 2.43. The third kappa shape index (κ3) is 6.77. The Morgan fingerprint density at radius 3 is 2.00 bits per heavy atom. The van der Waals surface area contributed by atoms with Crippen LogP contribution >= 0.6 is 0 Å². The van der Waals surface area contributed by atoms with Crippen LogP contribution in [0.15, 0.2) is 84.9 Å². The van der Waals surface area contributed by atoms with Crippen molar-refractivity contribution in [1.82, 2.24) is 5.32 Å². The van der Waals surface area contributed by atoms with E-state index in [2.05, 4.69) is 17.4 Å². The normalized spacial score (nSPS) is 11.7. The van der Waals surface area contributed by atoms with Gasteiger partial charge in [0, 0.05) is 6.54 Å². The van der Waals surface area contributed by atoms with Crippen molar-refractivity contribution in [2.75, 3.05) is 19.7 Å². The molecular formula is C23H25NO3. The minimum atomic E-state index is -0.535. The number of benzene rings is 3. The number of aliphatic hydroxyl groups is 1. The Bertz CT molecular complexity index is 776. The average molecular weight is 363 g/mol. The predicted octanol–water partition coefficient (Wildman–Crippen LogP) is 4.05. The summed E-state index contributed by atoms with van der Waals surface area (Å²) in [5.41, 5.74) is 1.22. The van der Waals surface area contributed by atoms with Crippen molar-refractivity contribution >= 4 is 0 Å². The van der Waals surface area contributed by atoms with Crippen molar-refractivity contribution in [3.8, 4) is 17.2 Å². The monoisotopic (exact) mass is 363 g/mol. The third-order valence-corrected chi connectivity index (χ3v) is 4.06. The van der Waals surface area contributed by atoms with Crippen molar-refractivity contribution in [2.45, 2.75) is 12.5 Å². The molecule has 0 aliphatic carbocycles. The van der Waals surface area contributed by atoms with Gasteiger partial charge in [0.25, 0.3) is 0 Å². The Morgan fingerprint density at radius 2 is 1.33 bits per heavy atom. The lowest BCUT2D eigenvalue weighted by Crippen LogP contribution is -2.32. The summed E-state index contributed by atoms with van der Waals surface area (Å²) in [6, 6.07) is 27.3. The summed E-state index contributed by atoms with van der Waals surface area (Å²) < 4.78 is 11.3. The van der Waals surface area contributed by atoms with Crippen molar-refractivity contribution in [1.29, 1.82) is 0 Å². The fourth-order valence-corrected chi connectivity index (χ4v) is 2.62. The largest absolute Gasteiger partial charge is 0.491 e. The lowest BCUT2D eigenvalue weighted by molar-refractivity contribution is 0.106. The van der Waals surface area contributed by atoms with Crippen LogP contribution in [0.25, 0.3) is 0 Å². The van der Waals surface area contributed by atoms with Crippen molar-refractivity contribution in [3.05, 3.63) is 90.5 Å². The van der Waals surface area contributed by atoms with Gasteiger partial charge in [0.05, 0.1) is 0 Å². The first kappa shape index (κ1) is 19.0. The molecule has 0 aliphatic heterocycles. The number of para-hydroxylation sites is 2. The molecule has 0 spiro atoms. The summed E-state index contributed by atoms with van der Waals surface area (Å²) in [4.78, 5) is 0. The van der Waals surface area contributed by atoms with E-state index in [9.17, 15) is 5.11 Å². The molecule has 0 amide bonds. The molecule has 4 nitrogen and oxygen atoms in total. The molecule has 0 bridgehead atoms. The number of hydrogen-bond donors (Lipinski definition) is 2. The summed E-state index contributed by atoms with van der Waals surface area (Å²) in [6.45, 7) is 1.58. The zero-order valence-corrected chi connectivity index (χ0v) is 15.3. The molecule has 0 fully saturated rings. The molecule has 0 aromatic heterocycles. The van der Waals surface area contributed by atoms with Crippen LogP contribution in [-0.2, 0) is 6.42 Å². The third-order valence-electron chi connectivity index (χ3n) is 4.06. The predicted molar refractivity (Wildman–Crippen MR) is 107 cm³/mol. The molecule has 0 radical (unpaired) electrons. The average Bonchev–Trinajstić information content (AvgIpc) is 2.72. The molecule has 3 aromatic carbocycles. The highest BCUT2D eigenvalue weighted by Gasteiger charge is 2.05. The van der Waals surface area contributed by atoms with Crippen LogP contribution in [0.1, 0.15) is 5.56 Å². The lowest BCUT2D eigenvalue weighted by atomic mass is 10.1. The van der Waals surface area contributed by atoms with Crippen molar-refractivity contribution in [3.63, 3.8) is 0 Å². The highest BCUT2D eigenvalue weighted by atomic mass is 16.5. The first-order valence-electron chi connectivity index (χ1n) is 9.18. The molecular weight excluding hydrogens is 338 g/mol. The highest BCUT2D eigenvalue weighted by Crippen LogP contribution is 2.21. The van der Waals surface area contributed by atoms with E-state index in [-0.39, 0.29) is 6.61 Å². The first-order valence-corrected chi connectivity index (χ1v) is 9.18. The second kappa shape index (κ2) is 10.4. The van der Waals surface area contributed by atoms with Gasteiger partial charge in [0.15, 0.2) is 0 Å². The Kier molecular flexibility index (Phi) is 7.27. The summed E-state index contributed by atoms with van der Waals surface area (Å²) in [7, 11) is 0. The van der Waals surface area contributed by atoms with E-state index < -0.39 is 6.10 Å². The van der Waals surface area contributed by atoms with Crippen molar-refractivity contribution < 1.29 is 14.6 Å². The molecule has 0 saturated heterocycles. The quantitative estimate of drug-likeness (QED) is 0.534. The van der Waals surface area contributed by atoms with Gasteiger partial charge in [-0.05, 0) is 54.9 Å². The Labute approximate surface area is 160 Å². The molecule has 0 saturated carbocycles. The SMILES string of the molecule is OC(CNCCc1ccc(Oc2ccccc2)cc1)COc1ccccc1. The van der Waals surface area contributed by atoms with Gasteiger partial charge in [-0.1, -0.05) is 48.5 Å². The van der Waals surface area contributed by atoms with E-state index in [1.807, 2.05) is 72.8 Å². The summed E-state index contributed by atoms with van der Waals surface area (Å²) in [6.07, 6.45) is 0.351.